The Bertz CT molecular complexity index is 169. The topological polar surface area (TPSA) is 56.2 Å². The molecule has 19 heavy (non-hydrogen) atoms. The number of likely N-dealkylation sites (N-methyl/N-ethyl adjacent to an activating group) is 2. The maximum absolute atomic E-state index is 8.47. The van der Waals surface area contributed by atoms with E-state index in [1.165, 1.54) is 6.54 Å². The normalized spacial score (nSPS) is 15.2. The maximum Gasteiger partial charge on any atom is 0.0594 e. The van der Waals surface area contributed by atoms with Crippen molar-refractivity contribution in [2.45, 2.75) is 13.8 Å². The lowest BCUT2D eigenvalue weighted by Crippen LogP contribution is -2.35. The van der Waals surface area contributed by atoms with Gasteiger partial charge >= 0.3 is 0 Å². The first-order chi connectivity index (χ1) is 9.28. The van der Waals surface area contributed by atoms with Gasteiger partial charge in [0, 0.05) is 26.2 Å². The van der Waals surface area contributed by atoms with Crippen molar-refractivity contribution in [1.82, 2.24) is 9.80 Å². The van der Waals surface area contributed by atoms with Crippen LogP contribution in [0.15, 0.2) is 0 Å². The summed E-state index contributed by atoms with van der Waals surface area (Å²) in [6, 6.07) is 0. The molecule has 0 aromatic heterocycles. The molecule has 1 rings (SSSR count). The molecule has 1 aliphatic heterocycles. The Morgan fingerprint density at radius 1 is 1.11 bits per heavy atom. The van der Waals surface area contributed by atoms with Crippen molar-refractivity contribution in [3.05, 3.63) is 0 Å². The molecule has 116 valence electrons. The molecule has 0 aromatic carbocycles. The molecule has 1 aliphatic rings. The molecule has 1 saturated heterocycles. The van der Waals surface area contributed by atoms with E-state index in [0.29, 0.717) is 13.1 Å². The molecule has 0 radical (unpaired) electrons. The summed E-state index contributed by atoms with van der Waals surface area (Å²) in [6.07, 6.45) is 0. The zero-order chi connectivity index (χ0) is 14.9. The van der Waals surface area contributed by atoms with Crippen LogP contribution in [0, 0.1) is 0 Å². The van der Waals surface area contributed by atoms with E-state index >= 15 is 0 Å². The van der Waals surface area contributed by atoms with Gasteiger partial charge in [-0.2, -0.15) is 0 Å². The molecule has 2 N–H and O–H groups in total. The number of aliphatic hydroxyl groups is 2. The van der Waals surface area contributed by atoms with Crippen LogP contribution >= 0.6 is 8.02 Å². The van der Waals surface area contributed by atoms with Crippen LogP contribution in [-0.2, 0) is 16.5 Å². The highest BCUT2D eigenvalue weighted by Crippen LogP contribution is 1.93. The largest absolute Gasteiger partial charge is 0.395 e. The first-order valence-corrected chi connectivity index (χ1v) is 8.36. The Hall–Kier alpha value is 0.320. The molecular weight excluding hydrogens is 283 g/mol. The van der Waals surface area contributed by atoms with E-state index in [0.717, 1.165) is 32.8 Å². The molecule has 5 nitrogen and oxygen atoms in total. The number of morpholine rings is 1. The van der Waals surface area contributed by atoms with E-state index in [-0.39, 0.29) is 13.2 Å². The summed E-state index contributed by atoms with van der Waals surface area (Å²) in [4.78, 5) is 4.38. The number of ether oxygens (including phenoxy) is 1. The second-order valence-electron chi connectivity index (χ2n) is 3.93. The summed E-state index contributed by atoms with van der Waals surface area (Å²) in [5, 5.41) is 16.9. The van der Waals surface area contributed by atoms with Gasteiger partial charge in [0.25, 0.3) is 0 Å². The predicted octanol–water partition coefficient (Wildman–Crippen LogP) is 0.222. The van der Waals surface area contributed by atoms with E-state index in [1.807, 2.05) is 11.8 Å². The van der Waals surface area contributed by atoms with Crippen molar-refractivity contribution in [2.24, 2.45) is 0 Å². The molecule has 0 aromatic rings. The van der Waals surface area contributed by atoms with Crippen LogP contribution < -0.4 is 0 Å². The summed E-state index contributed by atoms with van der Waals surface area (Å²) in [6.45, 7) is 12.0. The van der Waals surface area contributed by atoms with Crippen molar-refractivity contribution >= 4 is 19.8 Å². The highest BCUT2D eigenvalue weighted by molar-refractivity contribution is 7.88. The quantitative estimate of drug-likeness (QED) is 0.685. The smallest absolute Gasteiger partial charge is 0.0594 e. The number of rotatable bonds is 6. The van der Waals surface area contributed by atoms with Gasteiger partial charge in [-0.15, -0.1) is 0 Å². The molecule has 1 fully saturated rings. The maximum atomic E-state index is 8.47. The molecule has 0 unspecified atom stereocenters. The number of aliphatic hydroxyl groups excluding tert-OH is 2. The Labute approximate surface area is 124 Å². The summed E-state index contributed by atoms with van der Waals surface area (Å²) in [7, 11) is 2.56. The minimum absolute atomic E-state index is 0.174. The van der Waals surface area contributed by atoms with Crippen LogP contribution in [0.25, 0.3) is 0 Å². The van der Waals surface area contributed by atoms with Crippen molar-refractivity contribution in [3.63, 3.8) is 0 Å². The number of nitrogens with zero attached hydrogens (tertiary/aromatic N) is 2. The first-order valence-electron chi connectivity index (χ1n) is 6.73. The summed E-state index contributed by atoms with van der Waals surface area (Å²) in [5.74, 6) is 0. The van der Waals surface area contributed by atoms with Crippen molar-refractivity contribution < 1.29 is 14.9 Å². The minimum atomic E-state index is 0.174. The lowest BCUT2D eigenvalue weighted by atomic mass is 10.4. The SMILES string of the molecule is CCN(CCO)CCO.CCN1CCOCC1.P=S. The summed E-state index contributed by atoms with van der Waals surface area (Å²) < 4.78 is 5.16. The second-order valence-corrected chi connectivity index (χ2v) is 3.93. The average Bonchev–Trinajstić information content (AvgIpc) is 2.50. The van der Waals surface area contributed by atoms with Gasteiger partial charge in [-0.25, -0.2) is 0 Å². The fourth-order valence-electron chi connectivity index (χ4n) is 1.63. The van der Waals surface area contributed by atoms with Gasteiger partial charge in [0.05, 0.1) is 26.4 Å². The van der Waals surface area contributed by atoms with Crippen molar-refractivity contribution in [3.8, 4) is 0 Å². The van der Waals surface area contributed by atoms with Crippen LogP contribution in [0.1, 0.15) is 13.8 Å². The second kappa shape index (κ2) is 18.3. The highest BCUT2D eigenvalue weighted by Gasteiger charge is 2.05. The van der Waals surface area contributed by atoms with Crippen LogP contribution in [0.4, 0.5) is 0 Å². The lowest BCUT2D eigenvalue weighted by Gasteiger charge is -2.24. The van der Waals surface area contributed by atoms with Gasteiger partial charge in [0.15, 0.2) is 0 Å². The standard InChI is InChI=1S/C6H15NO2.C6H13NO.HPS/c1-2-7(3-5-8)4-6-9;1-2-7-3-5-8-6-4-7;1-2/h8-9H,2-6H2,1H3;2-6H2,1H3;1H. The zero-order valence-corrected chi connectivity index (χ0v) is 14.0. The van der Waals surface area contributed by atoms with Crippen LogP contribution in [-0.4, -0.2) is 85.7 Å². The Kier molecular flexibility index (Phi) is 20.8. The average molecular weight is 312 g/mol. The third-order valence-corrected chi connectivity index (χ3v) is 2.83. The van der Waals surface area contributed by atoms with E-state index < -0.39 is 0 Å². The monoisotopic (exact) mass is 312 g/mol. The first kappa shape index (κ1) is 21.6. The summed E-state index contributed by atoms with van der Waals surface area (Å²) >= 11 is 3.89. The minimum Gasteiger partial charge on any atom is -0.395 e. The third-order valence-electron chi connectivity index (χ3n) is 2.83. The molecule has 1 heterocycles. The number of hydrogen-bond acceptors (Lipinski definition) is 6. The van der Waals surface area contributed by atoms with Crippen LogP contribution in [0.2, 0.25) is 0 Å². The lowest BCUT2D eigenvalue weighted by molar-refractivity contribution is 0.0405. The molecule has 7 heteroatoms. The molecular formula is C12H29N2O3PS. The molecule has 0 aliphatic carbocycles. The van der Waals surface area contributed by atoms with Gasteiger partial charge in [-0.05, 0) is 21.1 Å². The molecule has 0 spiro atoms. The van der Waals surface area contributed by atoms with E-state index in [9.17, 15) is 0 Å². The van der Waals surface area contributed by atoms with Crippen LogP contribution in [0.5, 0.6) is 0 Å². The van der Waals surface area contributed by atoms with E-state index in [4.69, 9.17) is 14.9 Å². The van der Waals surface area contributed by atoms with Gasteiger partial charge in [-0.3, -0.25) is 9.80 Å². The molecule has 0 amide bonds. The van der Waals surface area contributed by atoms with Crippen molar-refractivity contribution in [1.29, 1.82) is 0 Å². The van der Waals surface area contributed by atoms with Gasteiger partial charge in [-0.1, -0.05) is 25.7 Å². The Balaban J connectivity index is 0. The van der Waals surface area contributed by atoms with Crippen molar-refractivity contribution in [2.75, 3.05) is 65.7 Å². The summed E-state index contributed by atoms with van der Waals surface area (Å²) in [5.41, 5.74) is 0. The van der Waals surface area contributed by atoms with Gasteiger partial charge in [0.2, 0.25) is 0 Å². The fourth-order valence-corrected chi connectivity index (χ4v) is 1.63. The predicted molar refractivity (Wildman–Crippen MR) is 84.9 cm³/mol. The fraction of sp³-hybridized carbons (Fsp3) is 1.00. The number of hydrogen-bond donors (Lipinski definition) is 2. The molecule has 0 atom stereocenters. The van der Waals surface area contributed by atoms with Gasteiger partial charge in [0.1, 0.15) is 0 Å². The van der Waals surface area contributed by atoms with Gasteiger partial charge < -0.3 is 14.9 Å². The van der Waals surface area contributed by atoms with Crippen LogP contribution in [0.3, 0.4) is 0 Å². The molecule has 0 bridgehead atoms. The molecule has 0 saturated carbocycles. The third kappa shape index (κ3) is 14.5. The van der Waals surface area contributed by atoms with E-state index in [1.54, 1.807) is 0 Å². The Morgan fingerprint density at radius 3 is 1.84 bits per heavy atom. The zero-order valence-electron chi connectivity index (χ0n) is 12.2. The van der Waals surface area contributed by atoms with E-state index in [2.05, 4.69) is 31.6 Å². The highest BCUT2D eigenvalue weighted by atomic mass is 32.4. The Morgan fingerprint density at radius 2 is 1.58 bits per heavy atom.